The van der Waals surface area contributed by atoms with E-state index in [1.807, 2.05) is 0 Å². The lowest BCUT2D eigenvalue weighted by molar-refractivity contribution is 0.102. The molecule has 2 rings (SSSR count). The molecule has 0 fully saturated rings. The molecule has 0 aliphatic carbocycles. The van der Waals surface area contributed by atoms with Crippen molar-refractivity contribution in [2.45, 2.75) is 6.92 Å². The standard InChI is InChI=1S/C11H8ClFN2O2/c1-6-5-9(17-15-6)14-11(16)10-7(12)3-2-4-8(10)13/h2-5H,1H3,(H,14,16). The van der Waals surface area contributed by atoms with Crippen molar-refractivity contribution in [3.63, 3.8) is 0 Å². The van der Waals surface area contributed by atoms with Gasteiger partial charge in [-0.3, -0.25) is 10.1 Å². The zero-order valence-corrected chi connectivity index (χ0v) is 9.58. The number of anilines is 1. The van der Waals surface area contributed by atoms with Crippen LogP contribution in [-0.2, 0) is 0 Å². The van der Waals surface area contributed by atoms with Gasteiger partial charge in [-0.1, -0.05) is 22.8 Å². The summed E-state index contributed by atoms with van der Waals surface area (Å²) >= 11 is 5.75. The molecule has 1 heterocycles. The second-order valence-electron chi connectivity index (χ2n) is 3.38. The second-order valence-corrected chi connectivity index (χ2v) is 3.79. The lowest BCUT2D eigenvalue weighted by atomic mass is 10.2. The first-order valence-electron chi connectivity index (χ1n) is 4.76. The van der Waals surface area contributed by atoms with Crippen LogP contribution in [0.4, 0.5) is 10.3 Å². The van der Waals surface area contributed by atoms with Crippen LogP contribution in [0.25, 0.3) is 0 Å². The molecule has 0 atom stereocenters. The molecular formula is C11H8ClFN2O2. The maximum absolute atomic E-state index is 13.4. The topological polar surface area (TPSA) is 55.1 Å². The number of hydrogen-bond donors (Lipinski definition) is 1. The molecule has 0 spiro atoms. The second kappa shape index (κ2) is 4.55. The van der Waals surface area contributed by atoms with E-state index >= 15 is 0 Å². The zero-order valence-electron chi connectivity index (χ0n) is 8.83. The third-order valence-corrected chi connectivity index (χ3v) is 2.37. The highest BCUT2D eigenvalue weighted by Crippen LogP contribution is 2.20. The molecule has 88 valence electrons. The van der Waals surface area contributed by atoms with E-state index in [0.29, 0.717) is 5.69 Å². The Labute approximate surface area is 101 Å². The highest BCUT2D eigenvalue weighted by atomic mass is 35.5. The molecule has 0 aliphatic heterocycles. The molecule has 1 amide bonds. The molecule has 2 aromatic rings. The maximum Gasteiger partial charge on any atom is 0.262 e. The smallest absolute Gasteiger partial charge is 0.262 e. The van der Waals surface area contributed by atoms with E-state index in [1.165, 1.54) is 18.2 Å². The average molecular weight is 255 g/mol. The SMILES string of the molecule is Cc1cc(NC(=O)c2c(F)cccc2Cl)on1. The van der Waals surface area contributed by atoms with E-state index in [9.17, 15) is 9.18 Å². The summed E-state index contributed by atoms with van der Waals surface area (Å²) in [5.74, 6) is -1.22. The lowest BCUT2D eigenvalue weighted by Crippen LogP contribution is -2.13. The van der Waals surface area contributed by atoms with Gasteiger partial charge in [0.25, 0.3) is 5.91 Å². The molecule has 1 aromatic carbocycles. The molecule has 6 heteroatoms. The normalized spacial score (nSPS) is 10.3. The number of rotatable bonds is 2. The zero-order chi connectivity index (χ0) is 12.4. The van der Waals surface area contributed by atoms with Crippen molar-refractivity contribution in [1.82, 2.24) is 5.16 Å². The first kappa shape index (κ1) is 11.6. The van der Waals surface area contributed by atoms with Gasteiger partial charge in [-0.15, -0.1) is 0 Å². The Hall–Kier alpha value is -1.88. The van der Waals surface area contributed by atoms with Crippen LogP contribution in [0.2, 0.25) is 5.02 Å². The largest absolute Gasteiger partial charge is 0.338 e. The molecule has 0 radical (unpaired) electrons. The highest BCUT2D eigenvalue weighted by molar-refractivity contribution is 6.34. The average Bonchev–Trinajstić information content (AvgIpc) is 2.63. The van der Waals surface area contributed by atoms with Gasteiger partial charge >= 0.3 is 0 Å². The number of carbonyl (C=O) groups excluding carboxylic acids is 1. The third kappa shape index (κ3) is 2.45. The van der Waals surface area contributed by atoms with Crippen molar-refractivity contribution in [1.29, 1.82) is 0 Å². The summed E-state index contributed by atoms with van der Waals surface area (Å²) in [6.07, 6.45) is 0. The van der Waals surface area contributed by atoms with Gasteiger partial charge in [0.2, 0.25) is 5.88 Å². The van der Waals surface area contributed by atoms with Crippen molar-refractivity contribution in [2.24, 2.45) is 0 Å². The Balaban J connectivity index is 2.26. The predicted octanol–water partition coefficient (Wildman–Crippen LogP) is 3.03. The van der Waals surface area contributed by atoms with Gasteiger partial charge in [0.05, 0.1) is 16.3 Å². The van der Waals surface area contributed by atoms with Crippen molar-refractivity contribution >= 4 is 23.4 Å². The Morgan fingerprint density at radius 3 is 2.88 bits per heavy atom. The first-order chi connectivity index (χ1) is 8.08. The molecule has 4 nitrogen and oxygen atoms in total. The molecule has 1 aromatic heterocycles. The summed E-state index contributed by atoms with van der Waals surface area (Å²) in [6.45, 7) is 1.70. The summed E-state index contributed by atoms with van der Waals surface area (Å²) in [6, 6.07) is 5.54. The van der Waals surface area contributed by atoms with Gasteiger partial charge in [-0.2, -0.15) is 0 Å². The van der Waals surface area contributed by atoms with Gasteiger partial charge in [-0.05, 0) is 19.1 Å². The molecular weight excluding hydrogens is 247 g/mol. The van der Waals surface area contributed by atoms with E-state index in [1.54, 1.807) is 6.92 Å². The number of amides is 1. The van der Waals surface area contributed by atoms with E-state index in [2.05, 4.69) is 10.5 Å². The van der Waals surface area contributed by atoms with Gasteiger partial charge in [-0.25, -0.2) is 4.39 Å². The first-order valence-corrected chi connectivity index (χ1v) is 5.14. The van der Waals surface area contributed by atoms with Crippen LogP contribution in [0.1, 0.15) is 16.1 Å². The van der Waals surface area contributed by atoms with Crippen LogP contribution in [0.15, 0.2) is 28.8 Å². The van der Waals surface area contributed by atoms with E-state index < -0.39 is 11.7 Å². The molecule has 1 N–H and O–H groups in total. The van der Waals surface area contributed by atoms with Crippen LogP contribution < -0.4 is 5.32 Å². The van der Waals surface area contributed by atoms with Gasteiger partial charge < -0.3 is 4.52 Å². The number of halogens is 2. The minimum atomic E-state index is -0.689. The van der Waals surface area contributed by atoms with Gasteiger partial charge in [0.15, 0.2) is 0 Å². The molecule has 0 saturated heterocycles. The Bertz CT molecular complexity index is 548. The number of nitrogens with zero attached hydrogens (tertiary/aromatic N) is 1. The fraction of sp³-hybridized carbons (Fsp3) is 0.0909. The number of benzene rings is 1. The summed E-state index contributed by atoms with van der Waals surface area (Å²) in [5, 5.41) is 6.00. The minimum Gasteiger partial charge on any atom is -0.338 e. The maximum atomic E-state index is 13.4. The number of hydrogen-bond acceptors (Lipinski definition) is 3. The van der Waals surface area contributed by atoms with E-state index in [4.69, 9.17) is 16.1 Å². The molecule has 0 bridgehead atoms. The third-order valence-electron chi connectivity index (χ3n) is 2.05. The minimum absolute atomic E-state index is 0.0405. The predicted molar refractivity (Wildman–Crippen MR) is 60.6 cm³/mol. The van der Waals surface area contributed by atoms with Crippen LogP contribution >= 0.6 is 11.6 Å². The van der Waals surface area contributed by atoms with Crippen molar-refractivity contribution in [2.75, 3.05) is 5.32 Å². The quantitative estimate of drug-likeness (QED) is 0.896. The fourth-order valence-corrected chi connectivity index (χ4v) is 1.56. The summed E-state index contributed by atoms with van der Waals surface area (Å²) in [7, 11) is 0. The summed E-state index contributed by atoms with van der Waals surface area (Å²) in [5.41, 5.74) is 0.392. The van der Waals surface area contributed by atoms with Crippen LogP contribution in [0.3, 0.4) is 0 Å². The van der Waals surface area contributed by atoms with Crippen LogP contribution in [0.5, 0.6) is 0 Å². The number of carbonyl (C=O) groups is 1. The fourth-order valence-electron chi connectivity index (χ4n) is 1.31. The summed E-state index contributed by atoms with van der Waals surface area (Å²) < 4.78 is 18.2. The number of aryl methyl sites for hydroxylation is 1. The van der Waals surface area contributed by atoms with Gasteiger partial charge in [0, 0.05) is 6.07 Å². The van der Waals surface area contributed by atoms with Crippen LogP contribution in [0, 0.1) is 12.7 Å². The van der Waals surface area contributed by atoms with Crippen molar-refractivity contribution in [3.8, 4) is 0 Å². The van der Waals surface area contributed by atoms with Gasteiger partial charge in [0.1, 0.15) is 5.82 Å². The van der Waals surface area contributed by atoms with Crippen LogP contribution in [-0.4, -0.2) is 11.1 Å². The molecule has 0 unspecified atom stereocenters. The number of nitrogens with one attached hydrogen (secondary N) is 1. The van der Waals surface area contributed by atoms with E-state index in [0.717, 1.165) is 6.07 Å². The monoisotopic (exact) mass is 254 g/mol. The Kier molecular flexibility index (Phi) is 3.10. The molecule has 0 saturated carbocycles. The molecule has 0 aliphatic rings. The molecule has 17 heavy (non-hydrogen) atoms. The van der Waals surface area contributed by atoms with Crippen molar-refractivity contribution in [3.05, 3.63) is 46.4 Å². The highest BCUT2D eigenvalue weighted by Gasteiger charge is 2.17. The number of aromatic nitrogens is 1. The Morgan fingerprint density at radius 1 is 1.53 bits per heavy atom. The van der Waals surface area contributed by atoms with E-state index in [-0.39, 0.29) is 16.5 Å². The van der Waals surface area contributed by atoms with Crippen molar-refractivity contribution < 1.29 is 13.7 Å². The summed E-state index contributed by atoms with van der Waals surface area (Å²) in [4.78, 5) is 11.7. The Morgan fingerprint density at radius 2 is 2.29 bits per heavy atom. The lowest BCUT2D eigenvalue weighted by Gasteiger charge is -2.04.